The average molecular weight is 310 g/mol. The molecule has 2 rings (SSSR count). The Labute approximate surface area is 124 Å². The molecule has 0 atom stereocenters. The summed E-state index contributed by atoms with van der Waals surface area (Å²) in [7, 11) is 0. The van der Waals surface area contributed by atoms with Crippen LogP contribution in [0.3, 0.4) is 0 Å². The lowest BCUT2D eigenvalue weighted by molar-refractivity contribution is 0.0948. The number of aromatic amines is 1. The van der Waals surface area contributed by atoms with Crippen LogP contribution < -0.4 is 10.9 Å². The van der Waals surface area contributed by atoms with Gasteiger partial charge in [0.25, 0.3) is 11.5 Å². The maximum atomic E-state index is 11.7. The van der Waals surface area contributed by atoms with E-state index in [1.807, 2.05) is 11.6 Å². The number of thioether (sulfide) groups is 1. The van der Waals surface area contributed by atoms with Crippen molar-refractivity contribution in [2.75, 3.05) is 12.8 Å². The zero-order valence-electron chi connectivity index (χ0n) is 10.9. The van der Waals surface area contributed by atoms with Crippen molar-refractivity contribution in [1.29, 1.82) is 0 Å². The molecule has 0 unspecified atom stereocenters. The highest BCUT2D eigenvalue weighted by Gasteiger charge is 2.07. The smallest absolute Gasteiger partial charge is 0.271 e. The van der Waals surface area contributed by atoms with Gasteiger partial charge in [-0.1, -0.05) is 0 Å². The summed E-state index contributed by atoms with van der Waals surface area (Å²) in [5.41, 5.74) is 0.852. The van der Waals surface area contributed by atoms with Gasteiger partial charge in [-0.05, 0) is 6.26 Å². The van der Waals surface area contributed by atoms with Crippen LogP contribution >= 0.6 is 23.1 Å². The number of hydrogen-bond acceptors (Lipinski definition) is 6. The van der Waals surface area contributed by atoms with Crippen molar-refractivity contribution in [3.8, 4) is 0 Å². The number of nitrogens with one attached hydrogen (secondary N) is 2. The average Bonchev–Trinajstić information content (AvgIpc) is 2.87. The quantitative estimate of drug-likeness (QED) is 0.833. The van der Waals surface area contributed by atoms with Gasteiger partial charge in [0.05, 0.1) is 11.9 Å². The first kappa shape index (κ1) is 14.7. The van der Waals surface area contributed by atoms with Gasteiger partial charge in [-0.3, -0.25) is 9.59 Å². The van der Waals surface area contributed by atoms with E-state index < -0.39 is 0 Å². The number of hydrogen-bond donors (Lipinski definition) is 2. The Morgan fingerprint density at radius 3 is 3.10 bits per heavy atom. The minimum atomic E-state index is -0.328. The molecule has 0 aromatic carbocycles. The van der Waals surface area contributed by atoms with Gasteiger partial charge in [-0.25, -0.2) is 9.97 Å². The number of amides is 1. The first-order valence-electron chi connectivity index (χ1n) is 5.94. The highest BCUT2D eigenvalue weighted by Crippen LogP contribution is 2.15. The lowest BCUT2D eigenvalue weighted by atomic mass is 10.3. The predicted octanol–water partition coefficient (Wildman–Crippen LogP) is 1.06. The van der Waals surface area contributed by atoms with Crippen LogP contribution in [-0.4, -0.2) is 33.7 Å². The van der Waals surface area contributed by atoms with E-state index in [2.05, 4.69) is 20.3 Å². The van der Waals surface area contributed by atoms with Crippen LogP contribution in [0.4, 0.5) is 0 Å². The van der Waals surface area contributed by atoms with Crippen LogP contribution in [0.25, 0.3) is 0 Å². The van der Waals surface area contributed by atoms with Crippen molar-refractivity contribution in [1.82, 2.24) is 20.3 Å². The van der Waals surface area contributed by atoms with Gasteiger partial charge in [0.2, 0.25) is 0 Å². The van der Waals surface area contributed by atoms with E-state index >= 15 is 0 Å². The second-order valence-corrected chi connectivity index (χ2v) is 5.78. The van der Waals surface area contributed by atoms with Crippen LogP contribution in [0, 0.1) is 0 Å². The third-order valence-electron chi connectivity index (χ3n) is 2.44. The van der Waals surface area contributed by atoms with E-state index in [4.69, 9.17) is 0 Å². The zero-order valence-corrected chi connectivity index (χ0v) is 12.5. The van der Waals surface area contributed by atoms with Crippen LogP contribution in [0.5, 0.6) is 0 Å². The van der Waals surface area contributed by atoms with Crippen molar-refractivity contribution in [2.45, 2.75) is 12.2 Å². The maximum absolute atomic E-state index is 11.7. The molecule has 0 bridgehead atoms. The van der Waals surface area contributed by atoms with E-state index in [1.165, 1.54) is 6.20 Å². The fraction of sp³-hybridized carbons (Fsp3) is 0.333. The van der Waals surface area contributed by atoms with E-state index in [1.54, 1.807) is 23.1 Å². The number of nitrogens with zero attached hydrogens (tertiary/aromatic N) is 2. The number of carbonyl (C=O) groups excluding carboxylic acids is 1. The molecule has 0 radical (unpaired) electrons. The molecule has 2 aromatic rings. The third kappa shape index (κ3) is 4.17. The molecule has 2 heterocycles. The number of rotatable bonds is 6. The zero-order chi connectivity index (χ0) is 14.4. The Kier molecular flexibility index (Phi) is 5.31. The minimum Gasteiger partial charge on any atom is -0.350 e. The molecule has 0 fully saturated rings. The molecule has 20 heavy (non-hydrogen) atoms. The second kappa shape index (κ2) is 7.20. The van der Waals surface area contributed by atoms with Gasteiger partial charge in [-0.15, -0.1) is 11.3 Å². The molecule has 0 saturated carbocycles. The lowest BCUT2D eigenvalue weighted by Crippen LogP contribution is -2.27. The van der Waals surface area contributed by atoms with Crippen molar-refractivity contribution in [3.05, 3.63) is 44.5 Å². The number of carbonyl (C=O) groups is 1. The maximum Gasteiger partial charge on any atom is 0.271 e. The largest absolute Gasteiger partial charge is 0.350 e. The topological polar surface area (TPSA) is 87.7 Å². The molecule has 0 aliphatic carbocycles. The SMILES string of the molecule is CSCc1nc(CCNC(=O)c2c[nH]c(=O)cn2)cs1. The molecule has 0 aliphatic rings. The molecular formula is C12H14N4O2S2. The summed E-state index contributed by atoms with van der Waals surface area (Å²) in [6, 6.07) is 0. The standard InChI is InChI=1S/C12H14N4O2S2/c1-19-7-11-16-8(6-20-11)2-3-13-12(18)9-4-15-10(17)5-14-9/h4-6H,2-3,7H2,1H3,(H,13,18)(H,15,17). The molecule has 2 aromatic heterocycles. The van der Waals surface area contributed by atoms with E-state index in [9.17, 15) is 9.59 Å². The highest BCUT2D eigenvalue weighted by atomic mass is 32.2. The molecular weight excluding hydrogens is 296 g/mol. The van der Waals surface area contributed by atoms with Gasteiger partial charge >= 0.3 is 0 Å². The van der Waals surface area contributed by atoms with Crippen LogP contribution in [-0.2, 0) is 12.2 Å². The summed E-state index contributed by atoms with van der Waals surface area (Å²) in [6.45, 7) is 0.488. The predicted molar refractivity (Wildman–Crippen MR) is 80.2 cm³/mol. The van der Waals surface area contributed by atoms with Crippen molar-refractivity contribution in [3.63, 3.8) is 0 Å². The van der Waals surface area contributed by atoms with Crippen molar-refractivity contribution in [2.24, 2.45) is 0 Å². The first-order chi connectivity index (χ1) is 9.69. The third-order valence-corrected chi connectivity index (χ3v) is 4.08. The summed E-state index contributed by atoms with van der Waals surface area (Å²) >= 11 is 3.37. The fourth-order valence-corrected chi connectivity index (χ4v) is 3.06. The number of thiazole rings is 1. The second-order valence-electron chi connectivity index (χ2n) is 3.97. The van der Waals surface area contributed by atoms with Gasteiger partial charge in [0, 0.05) is 30.3 Å². The van der Waals surface area contributed by atoms with Crippen molar-refractivity contribution >= 4 is 29.0 Å². The molecule has 1 amide bonds. The van der Waals surface area contributed by atoms with Gasteiger partial charge in [0.15, 0.2) is 0 Å². The summed E-state index contributed by atoms with van der Waals surface area (Å²) in [4.78, 5) is 33.2. The minimum absolute atomic E-state index is 0.200. The molecule has 0 saturated heterocycles. The molecule has 0 aliphatic heterocycles. The Balaban J connectivity index is 1.81. The van der Waals surface area contributed by atoms with E-state index in [0.717, 1.165) is 22.7 Å². The number of H-pyrrole nitrogens is 1. The monoisotopic (exact) mass is 310 g/mol. The summed E-state index contributed by atoms with van der Waals surface area (Å²) in [6.07, 6.45) is 5.11. The van der Waals surface area contributed by atoms with E-state index in [0.29, 0.717) is 13.0 Å². The Morgan fingerprint density at radius 1 is 1.55 bits per heavy atom. The van der Waals surface area contributed by atoms with Gasteiger partial charge < -0.3 is 10.3 Å². The summed E-state index contributed by atoms with van der Waals surface area (Å²) < 4.78 is 0. The van der Waals surface area contributed by atoms with Gasteiger partial charge in [0.1, 0.15) is 10.7 Å². The fourth-order valence-electron chi connectivity index (χ4n) is 1.51. The molecule has 6 nitrogen and oxygen atoms in total. The first-order valence-corrected chi connectivity index (χ1v) is 8.21. The van der Waals surface area contributed by atoms with Gasteiger partial charge in [-0.2, -0.15) is 11.8 Å². The Morgan fingerprint density at radius 2 is 2.40 bits per heavy atom. The lowest BCUT2D eigenvalue weighted by Gasteiger charge is -2.02. The van der Waals surface area contributed by atoms with E-state index in [-0.39, 0.29) is 17.2 Å². The molecule has 8 heteroatoms. The highest BCUT2D eigenvalue weighted by molar-refractivity contribution is 7.97. The van der Waals surface area contributed by atoms with Crippen LogP contribution in [0.1, 0.15) is 21.2 Å². The van der Waals surface area contributed by atoms with Crippen LogP contribution in [0.15, 0.2) is 22.6 Å². The van der Waals surface area contributed by atoms with Crippen LogP contribution in [0.2, 0.25) is 0 Å². The molecule has 0 spiro atoms. The summed E-state index contributed by atoms with van der Waals surface area (Å²) in [5, 5.41) is 5.85. The Bertz CT molecular complexity index is 618. The normalized spacial score (nSPS) is 10.4. The molecule has 2 N–H and O–H groups in total. The Hall–Kier alpha value is -1.67. The van der Waals surface area contributed by atoms with Crippen molar-refractivity contribution < 1.29 is 4.79 Å². The molecule has 106 valence electrons. The summed E-state index contributed by atoms with van der Waals surface area (Å²) in [5.74, 6) is 0.610. The number of aromatic nitrogens is 3.